The molecule has 2 aliphatic rings. The zero-order valence-electron chi connectivity index (χ0n) is 16.0. The number of carbonyl (C=O) groups is 2. The number of anilines is 1. The number of ether oxygens (including phenoxy) is 2. The largest absolute Gasteiger partial charge is 0.462 e. The first kappa shape index (κ1) is 18.7. The summed E-state index contributed by atoms with van der Waals surface area (Å²) >= 11 is 0. The van der Waals surface area contributed by atoms with E-state index in [0.717, 1.165) is 31.9 Å². The number of hydrogen-bond donors (Lipinski definition) is 0. The lowest BCUT2D eigenvalue weighted by molar-refractivity contribution is -0.145. The van der Waals surface area contributed by atoms with Gasteiger partial charge < -0.3 is 14.4 Å². The van der Waals surface area contributed by atoms with Crippen LogP contribution in [0.5, 0.6) is 0 Å². The topological polar surface area (TPSA) is 59.1 Å². The van der Waals surface area contributed by atoms with Gasteiger partial charge in [-0.15, -0.1) is 0 Å². The van der Waals surface area contributed by atoms with Gasteiger partial charge in [0.1, 0.15) is 6.61 Å². The van der Waals surface area contributed by atoms with Crippen LogP contribution in [0.15, 0.2) is 24.3 Å². The predicted octanol–water partition coefficient (Wildman–Crippen LogP) is 2.33. The van der Waals surface area contributed by atoms with Crippen molar-refractivity contribution in [2.75, 3.05) is 37.7 Å². The molecular formula is C20H28N2O4. The summed E-state index contributed by atoms with van der Waals surface area (Å²) < 4.78 is 10.4. The molecule has 0 unspecified atom stereocenters. The first-order valence-corrected chi connectivity index (χ1v) is 9.24. The maximum Gasteiger partial charge on any atom is 0.348 e. The van der Waals surface area contributed by atoms with Gasteiger partial charge in [-0.25, -0.2) is 9.59 Å². The summed E-state index contributed by atoms with van der Waals surface area (Å²) in [7, 11) is 0. The van der Waals surface area contributed by atoms with E-state index >= 15 is 0 Å². The Morgan fingerprint density at radius 1 is 1.15 bits per heavy atom. The SMILES string of the molecule is CC(C)N1CCN(c2ccc(C(=O)O[C@H]3C(=O)OCC3(C)C)cc2)CC1. The number of benzene rings is 1. The fraction of sp³-hybridized carbons (Fsp3) is 0.600. The Labute approximate surface area is 155 Å². The molecule has 2 aliphatic heterocycles. The molecule has 0 saturated carbocycles. The van der Waals surface area contributed by atoms with Crippen molar-refractivity contribution >= 4 is 17.6 Å². The van der Waals surface area contributed by atoms with Crippen molar-refractivity contribution in [3.8, 4) is 0 Å². The van der Waals surface area contributed by atoms with Crippen LogP contribution < -0.4 is 4.90 Å². The van der Waals surface area contributed by atoms with E-state index < -0.39 is 23.5 Å². The lowest BCUT2D eigenvalue weighted by Crippen LogP contribution is -2.48. The maximum absolute atomic E-state index is 12.4. The zero-order valence-corrected chi connectivity index (χ0v) is 16.0. The molecule has 0 aliphatic carbocycles. The Bertz CT molecular complexity index is 661. The molecule has 1 atom stereocenters. The molecule has 1 aromatic carbocycles. The number of esters is 2. The minimum atomic E-state index is -0.848. The van der Waals surface area contributed by atoms with Crippen molar-refractivity contribution in [3.05, 3.63) is 29.8 Å². The number of carbonyl (C=O) groups excluding carboxylic acids is 2. The van der Waals surface area contributed by atoms with Gasteiger partial charge in [-0.1, -0.05) is 13.8 Å². The van der Waals surface area contributed by atoms with E-state index in [9.17, 15) is 9.59 Å². The lowest BCUT2D eigenvalue weighted by atomic mass is 9.90. The van der Waals surface area contributed by atoms with E-state index in [-0.39, 0.29) is 6.61 Å². The number of cyclic esters (lactones) is 1. The molecule has 26 heavy (non-hydrogen) atoms. The molecule has 142 valence electrons. The Hall–Kier alpha value is -2.08. The molecular weight excluding hydrogens is 332 g/mol. The summed E-state index contributed by atoms with van der Waals surface area (Å²) in [6.07, 6.45) is -0.848. The van der Waals surface area contributed by atoms with Crippen molar-refractivity contribution in [1.82, 2.24) is 4.90 Å². The van der Waals surface area contributed by atoms with Gasteiger partial charge in [-0.05, 0) is 38.1 Å². The highest BCUT2D eigenvalue weighted by Gasteiger charge is 2.46. The first-order chi connectivity index (χ1) is 12.3. The van der Waals surface area contributed by atoms with Crippen LogP contribution >= 0.6 is 0 Å². The summed E-state index contributed by atoms with van der Waals surface area (Å²) in [5, 5.41) is 0. The fourth-order valence-corrected chi connectivity index (χ4v) is 3.42. The Kier molecular flexibility index (Phi) is 5.23. The molecule has 0 spiro atoms. The molecule has 2 saturated heterocycles. The third-order valence-corrected chi connectivity index (χ3v) is 5.25. The maximum atomic E-state index is 12.4. The normalized spacial score (nSPS) is 23.2. The van der Waals surface area contributed by atoms with Crippen molar-refractivity contribution < 1.29 is 19.1 Å². The lowest BCUT2D eigenvalue weighted by Gasteiger charge is -2.38. The summed E-state index contributed by atoms with van der Waals surface area (Å²) in [4.78, 5) is 29.0. The number of nitrogens with zero attached hydrogens (tertiary/aromatic N) is 2. The van der Waals surface area contributed by atoms with Crippen LogP contribution in [0.2, 0.25) is 0 Å². The van der Waals surface area contributed by atoms with Gasteiger partial charge in [0.05, 0.1) is 5.56 Å². The molecule has 0 bridgehead atoms. The number of rotatable bonds is 4. The van der Waals surface area contributed by atoms with Gasteiger partial charge in [-0.3, -0.25) is 4.90 Å². The molecule has 2 heterocycles. The van der Waals surface area contributed by atoms with Crippen molar-refractivity contribution in [2.24, 2.45) is 5.41 Å². The zero-order chi connectivity index (χ0) is 18.9. The second-order valence-electron chi connectivity index (χ2n) is 8.05. The monoisotopic (exact) mass is 360 g/mol. The smallest absolute Gasteiger partial charge is 0.348 e. The van der Waals surface area contributed by atoms with Gasteiger partial charge in [0, 0.05) is 43.3 Å². The van der Waals surface area contributed by atoms with Crippen LogP contribution in [-0.4, -0.2) is 61.8 Å². The van der Waals surface area contributed by atoms with Crippen molar-refractivity contribution in [3.63, 3.8) is 0 Å². The molecule has 6 heteroatoms. The molecule has 0 aromatic heterocycles. The van der Waals surface area contributed by atoms with Crippen LogP contribution in [0, 0.1) is 5.41 Å². The van der Waals surface area contributed by atoms with E-state index in [2.05, 4.69) is 23.6 Å². The Morgan fingerprint density at radius 2 is 1.77 bits per heavy atom. The summed E-state index contributed by atoms with van der Waals surface area (Å²) in [5.74, 6) is -0.957. The van der Waals surface area contributed by atoms with Gasteiger partial charge in [0.15, 0.2) is 0 Å². The molecule has 2 fully saturated rings. The molecule has 3 rings (SSSR count). The van der Waals surface area contributed by atoms with E-state index in [1.54, 1.807) is 12.1 Å². The average molecular weight is 360 g/mol. The fourth-order valence-electron chi connectivity index (χ4n) is 3.42. The van der Waals surface area contributed by atoms with Gasteiger partial charge in [0.25, 0.3) is 0 Å². The third kappa shape index (κ3) is 3.85. The quantitative estimate of drug-likeness (QED) is 0.768. The second-order valence-corrected chi connectivity index (χ2v) is 8.05. The van der Waals surface area contributed by atoms with E-state index in [0.29, 0.717) is 11.6 Å². The average Bonchev–Trinajstić information content (AvgIpc) is 2.88. The minimum absolute atomic E-state index is 0.269. The highest BCUT2D eigenvalue weighted by Crippen LogP contribution is 2.31. The van der Waals surface area contributed by atoms with Crippen LogP contribution in [0.25, 0.3) is 0 Å². The number of hydrogen-bond acceptors (Lipinski definition) is 6. The highest BCUT2D eigenvalue weighted by atomic mass is 16.6. The van der Waals surface area contributed by atoms with Gasteiger partial charge >= 0.3 is 11.9 Å². The summed E-state index contributed by atoms with van der Waals surface area (Å²) in [6.45, 7) is 12.5. The van der Waals surface area contributed by atoms with Crippen LogP contribution in [0.3, 0.4) is 0 Å². The van der Waals surface area contributed by atoms with Crippen LogP contribution in [0.4, 0.5) is 5.69 Å². The van der Waals surface area contributed by atoms with Gasteiger partial charge in [0.2, 0.25) is 6.10 Å². The third-order valence-electron chi connectivity index (χ3n) is 5.25. The minimum Gasteiger partial charge on any atom is -0.462 e. The van der Waals surface area contributed by atoms with E-state index in [4.69, 9.17) is 9.47 Å². The summed E-state index contributed by atoms with van der Waals surface area (Å²) in [6, 6.07) is 7.99. The van der Waals surface area contributed by atoms with E-state index in [1.807, 2.05) is 26.0 Å². The molecule has 1 aromatic rings. The predicted molar refractivity (Wildman–Crippen MR) is 99.3 cm³/mol. The molecule has 0 N–H and O–H groups in total. The molecule has 0 amide bonds. The van der Waals surface area contributed by atoms with Crippen LogP contribution in [-0.2, 0) is 14.3 Å². The van der Waals surface area contributed by atoms with Crippen molar-refractivity contribution in [2.45, 2.75) is 39.8 Å². The second kappa shape index (κ2) is 7.27. The van der Waals surface area contributed by atoms with E-state index in [1.165, 1.54) is 0 Å². The Balaban J connectivity index is 1.61. The van der Waals surface area contributed by atoms with Crippen molar-refractivity contribution in [1.29, 1.82) is 0 Å². The first-order valence-electron chi connectivity index (χ1n) is 9.24. The van der Waals surface area contributed by atoms with Crippen LogP contribution in [0.1, 0.15) is 38.1 Å². The summed E-state index contributed by atoms with van der Waals surface area (Å²) in [5.41, 5.74) is 1.05. The molecule has 6 nitrogen and oxygen atoms in total. The standard InChI is InChI=1S/C20H28N2O4/c1-14(2)21-9-11-22(12-10-21)16-7-5-15(6-8-16)18(23)26-17-19(24)25-13-20(17,3)4/h5-8,14,17H,9-13H2,1-4H3/t17-/m0/s1. The molecule has 0 radical (unpaired) electrons. The Morgan fingerprint density at radius 3 is 2.27 bits per heavy atom. The highest BCUT2D eigenvalue weighted by molar-refractivity contribution is 5.92. The number of piperazine rings is 1. The van der Waals surface area contributed by atoms with Gasteiger partial charge in [-0.2, -0.15) is 0 Å².